The van der Waals surface area contributed by atoms with Gasteiger partial charge in [-0.05, 0) is 23.6 Å². The molecule has 0 aliphatic carbocycles. The van der Waals surface area contributed by atoms with Crippen molar-refractivity contribution in [3.05, 3.63) is 71.3 Å². The molecule has 3 nitrogen and oxygen atoms in total. The average molecular weight is 267 g/mol. The molecule has 0 spiro atoms. The zero-order chi connectivity index (χ0) is 14.2. The van der Waals surface area contributed by atoms with Crippen LogP contribution in [0.25, 0.3) is 0 Å². The maximum atomic E-state index is 4.24. The second-order valence-electron chi connectivity index (χ2n) is 4.69. The number of rotatable bonds is 4. The van der Waals surface area contributed by atoms with E-state index in [1.165, 1.54) is 16.7 Å². The van der Waals surface area contributed by atoms with Gasteiger partial charge in [-0.1, -0.05) is 54.6 Å². The molecule has 0 unspecified atom stereocenters. The highest BCUT2D eigenvalue weighted by Crippen LogP contribution is 2.06. The number of benzene rings is 2. The van der Waals surface area contributed by atoms with Gasteiger partial charge in [-0.15, -0.1) is 0 Å². The molecule has 0 aliphatic heterocycles. The molecule has 0 bridgehead atoms. The van der Waals surface area contributed by atoms with Gasteiger partial charge >= 0.3 is 0 Å². The molecular weight excluding hydrogens is 246 g/mol. The van der Waals surface area contributed by atoms with Crippen LogP contribution in [0.2, 0.25) is 0 Å². The first-order valence-electron chi connectivity index (χ1n) is 6.82. The summed E-state index contributed by atoms with van der Waals surface area (Å²) in [6.45, 7) is 3.67. The molecule has 0 fully saturated rings. The zero-order valence-electron chi connectivity index (χ0n) is 12.1. The van der Waals surface area contributed by atoms with E-state index in [1.807, 2.05) is 18.2 Å². The highest BCUT2D eigenvalue weighted by molar-refractivity contribution is 5.79. The lowest BCUT2D eigenvalue weighted by molar-refractivity contribution is 0.806. The van der Waals surface area contributed by atoms with Crippen LogP contribution in [0.15, 0.2) is 59.6 Å². The highest BCUT2D eigenvalue weighted by Gasteiger charge is 2.00. The Bertz CT molecular complexity index is 561. The Balaban J connectivity index is 1.86. The van der Waals surface area contributed by atoms with Crippen molar-refractivity contribution in [2.24, 2.45) is 4.99 Å². The van der Waals surface area contributed by atoms with Gasteiger partial charge in [0.2, 0.25) is 0 Å². The highest BCUT2D eigenvalue weighted by atomic mass is 15.2. The van der Waals surface area contributed by atoms with Crippen LogP contribution in [0.4, 0.5) is 0 Å². The van der Waals surface area contributed by atoms with Gasteiger partial charge in [0.25, 0.3) is 0 Å². The summed E-state index contributed by atoms with van der Waals surface area (Å²) < 4.78 is 0. The summed E-state index contributed by atoms with van der Waals surface area (Å²) in [5.41, 5.74) is 3.82. The first-order valence-corrected chi connectivity index (χ1v) is 6.82. The van der Waals surface area contributed by atoms with Crippen LogP contribution in [-0.2, 0) is 13.1 Å². The van der Waals surface area contributed by atoms with E-state index in [0.717, 1.165) is 19.0 Å². The van der Waals surface area contributed by atoms with Gasteiger partial charge in [0, 0.05) is 20.1 Å². The van der Waals surface area contributed by atoms with Gasteiger partial charge in [0.05, 0.1) is 0 Å². The predicted molar refractivity (Wildman–Crippen MR) is 84.7 cm³/mol. The molecule has 0 saturated heterocycles. The van der Waals surface area contributed by atoms with E-state index in [0.29, 0.717) is 0 Å². The second kappa shape index (κ2) is 7.34. The molecule has 0 saturated carbocycles. The van der Waals surface area contributed by atoms with Gasteiger partial charge in [-0.25, -0.2) is 0 Å². The largest absolute Gasteiger partial charge is 0.352 e. The topological polar surface area (TPSA) is 36.4 Å². The zero-order valence-corrected chi connectivity index (χ0v) is 12.1. The molecule has 0 radical (unpaired) electrons. The van der Waals surface area contributed by atoms with Crippen molar-refractivity contribution in [3.8, 4) is 0 Å². The van der Waals surface area contributed by atoms with Crippen molar-refractivity contribution in [2.45, 2.75) is 20.0 Å². The number of aliphatic imine (C=N–C) groups is 1. The fourth-order valence-electron chi connectivity index (χ4n) is 1.99. The van der Waals surface area contributed by atoms with Gasteiger partial charge in [-0.2, -0.15) is 0 Å². The van der Waals surface area contributed by atoms with E-state index >= 15 is 0 Å². The first kappa shape index (κ1) is 14.1. The molecule has 0 atom stereocenters. The lowest BCUT2D eigenvalue weighted by Gasteiger charge is -2.13. The van der Waals surface area contributed by atoms with Crippen molar-refractivity contribution in [1.29, 1.82) is 0 Å². The van der Waals surface area contributed by atoms with Crippen LogP contribution < -0.4 is 10.6 Å². The molecular formula is C17H21N3. The Morgan fingerprint density at radius 1 is 0.900 bits per heavy atom. The van der Waals surface area contributed by atoms with Crippen LogP contribution in [0.5, 0.6) is 0 Å². The summed E-state index contributed by atoms with van der Waals surface area (Å²) in [6.07, 6.45) is 0. The van der Waals surface area contributed by atoms with Gasteiger partial charge in [0.1, 0.15) is 0 Å². The minimum atomic E-state index is 0.772. The molecule has 0 aromatic heterocycles. The Kier molecular flexibility index (Phi) is 5.18. The van der Waals surface area contributed by atoms with E-state index < -0.39 is 0 Å². The van der Waals surface area contributed by atoms with Crippen LogP contribution >= 0.6 is 0 Å². The molecule has 2 aromatic rings. The van der Waals surface area contributed by atoms with Crippen molar-refractivity contribution < 1.29 is 0 Å². The van der Waals surface area contributed by atoms with E-state index in [2.05, 4.69) is 58.9 Å². The monoisotopic (exact) mass is 267 g/mol. The number of nitrogens with one attached hydrogen (secondary N) is 2. The Hall–Kier alpha value is -2.29. The number of hydrogen-bond acceptors (Lipinski definition) is 1. The fourth-order valence-corrected chi connectivity index (χ4v) is 1.99. The van der Waals surface area contributed by atoms with Gasteiger partial charge < -0.3 is 10.6 Å². The summed E-state index contributed by atoms with van der Waals surface area (Å²) in [5.74, 6) is 0.817. The number of nitrogens with zero attached hydrogens (tertiary/aromatic N) is 1. The predicted octanol–water partition coefficient (Wildman–Crippen LogP) is 2.86. The van der Waals surface area contributed by atoms with Crippen LogP contribution in [0, 0.1) is 6.92 Å². The molecule has 0 heterocycles. The quantitative estimate of drug-likeness (QED) is 0.660. The smallest absolute Gasteiger partial charge is 0.191 e. The summed E-state index contributed by atoms with van der Waals surface area (Å²) in [7, 11) is 1.79. The van der Waals surface area contributed by atoms with Crippen LogP contribution in [-0.4, -0.2) is 13.0 Å². The molecule has 104 valence electrons. The summed E-state index contributed by atoms with van der Waals surface area (Å²) in [6, 6.07) is 18.7. The minimum absolute atomic E-state index is 0.772. The van der Waals surface area contributed by atoms with E-state index in [-0.39, 0.29) is 0 Å². The summed E-state index contributed by atoms with van der Waals surface area (Å²) in [4.78, 5) is 4.24. The first-order chi connectivity index (χ1) is 9.79. The van der Waals surface area contributed by atoms with Crippen molar-refractivity contribution in [2.75, 3.05) is 7.05 Å². The maximum absolute atomic E-state index is 4.24. The lowest BCUT2D eigenvalue weighted by Crippen LogP contribution is -2.36. The van der Waals surface area contributed by atoms with Crippen molar-refractivity contribution in [3.63, 3.8) is 0 Å². The second-order valence-corrected chi connectivity index (χ2v) is 4.69. The summed E-state index contributed by atoms with van der Waals surface area (Å²) in [5, 5.41) is 6.65. The molecule has 3 heteroatoms. The fraction of sp³-hybridized carbons (Fsp3) is 0.235. The van der Waals surface area contributed by atoms with Crippen molar-refractivity contribution >= 4 is 5.96 Å². The third kappa shape index (κ3) is 4.12. The Morgan fingerprint density at radius 3 is 2.25 bits per heavy atom. The standard InChI is InChI=1S/C17H21N3/c1-14-8-6-7-11-16(14)13-20-17(18-2)19-12-15-9-4-3-5-10-15/h3-11H,12-13H2,1-2H3,(H2,18,19,20). The summed E-state index contributed by atoms with van der Waals surface area (Å²) >= 11 is 0. The molecule has 2 rings (SSSR count). The number of guanidine groups is 1. The Morgan fingerprint density at radius 2 is 1.55 bits per heavy atom. The minimum Gasteiger partial charge on any atom is -0.352 e. The lowest BCUT2D eigenvalue weighted by atomic mass is 10.1. The molecule has 2 N–H and O–H groups in total. The SMILES string of the molecule is CN=C(NCc1ccccc1)NCc1ccccc1C. The number of hydrogen-bond donors (Lipinski definition) is 2. The normalized spacial score (nSPS) is 11.2. The molecule has 0 amide bonds. The molecule has 2 aromatic carbocycles. The van der Waals surface area contributed by atoms with E-state index in [4.69, 9.17) is 0 Å². The molecule has 20 heavy (non-hydrogen) atoms. The third-order valence-electron chi connectivity index (χ3n) is 3.23. The number of aryl methyl sites for hydroxylation is 1. The van der Waals surface area contributed by atoms with Crippen molar-refractivity contribution in [1.82, 2.24) is 10.6 Å². The maximum Gasteiger partial charge on any atom is 0.191 e. The third-order valence-corrected chi connectivity index (χ3v) is 3.23. The molecule has 0 aliphatic rings. The van der Waals surface area contributed by atoms with Crippen LogP contribution in [0.1, 0.15) is 16.7 Å². The Labute approximate surface area is 120 Å². The van der Waals surface area contributed by atoms with Crippen LogP contribution in [0.3, 0.4) is 0 Å². The van der Waals surface area contributed by atoms with Gasteiger partial charge in [-0.3, -0.25) is 4.99 Å². The van der Waals surface area contributed by atoms with E-state index in [9.17, 15) is 0 Å². The average Bonchev–Trinajstić information content (AvgIpc) is 2.50. The van der Waals surface area contributed by atoms with Gasteiger partial charge in [0.15, 0.2) is 5.96 Å². The van der Waals surface area contributed by atoms with E-state index in [1.54, 1.807) is 7.05 Å².